The minimum atomic E-state index is -4.55. The Morgan fingerprint density at radius 3 is 2.36 bits per heavy atom. The number of benzene rings is 1. The Kier molecular flexibility index (Phi) is 3.24. The Balaban J connectivity index is 2.78. The maximum Gasteiger partial charge on any atom is 0.326 e. The van der Waals surface area contributed by atoms with Crippen molar-refractivity contribution in [2.24, 2.45) is 0 Å². The minimum absolute atomic E-state index is 0.514. The van der Waals surface area contributed by atoms with E-state index in [1.54, 1.807) is 19.2 Å². The van der Waals surface area contributed by atoms with Crippen molar-refractivity contribution in [2.45, 2.75) is 0 Å². The highest BCUT2D eigenvalue weighted by atomic mass is 32.3. The van der Waals surface area contributed by atoms with Crippen molar-refractivity contribution in [1.29, 1.82) is 0 Å². The molecule has 1 aromatic carbocycles. The van der Waals surface area contributed by atoms with Crippen LogP contribution in [-0.4, -0.2) is 15.5 Å². The second kappa shape index (κ2) is 4.23. The average Bonchev–Trinajstić information content (AvgIpc) is 2.14. The number of hydrogen-bond acceptors (Lipinski definition) is 3. The van der Waals surface area contributed by atoms with Gasteiger partial charge in [0.05, 0.1) is 5.41 Å². The molecule has 0 aliphatic carbocycles. The molecular weight excluding hydrogens is 205 g/mol. The fourth-order valence-electron chi connectivity index (χ4n) is 0.913. The van der Waals surface area contributed by atoms with Gasteiger partial charge in [-0.15, -0.1) is 3.89 Å². The zero-order chi connectivity index (χ0) is 10.6. The first-order valence-electron chi connectivity index (χ1n) is 3.90. The van der Waals surface area contributed by atoms with Gasteiger partial charge in [-0.1, -0.05) is 18.2 Å². The lowest BCUT2D eigenvalue weighted by molar-refractivity contribution is 0.562. The van der Waals surface area contributed by atoms with Crippen LogP contribution >= 0.6 is 0 Å². The van der Waals surface area contributed by atoms with E-state index in [1.807, 2.05) is 18.2 Å². The van der Waals surface area contributed by atoms with E-state index < -0.39 is 10.2 Å². The van der Waals surface area contributed by atoms with E-state index in [1.165, 1.54) is 4.90 Å². The van der Waals surface area contributed by atoms with Crippen LogP contribution in [0.25, 0.3) is 0 Å². The van der Waals surface area contributed by atoms with Crippen molar-refractivity contribution in [3.63, 3.8) is 0 Å². The number of nitrogens with zero attached hydrogens (tertiary/aromatic N) is 1. The maximum absolute atomic E-state index is 12.1. The molecule has 0 amide bonds. The summed E-state index contributed by atoms with van der Waals surface area (Å²) in [6.07, 6.45) is 1.16. The first-order valence-corrected chi connectivity index (χ1v) is 5.34. The molecule has 0 unspecified atom stereocenters. The van der Waals surface area contributed by atoms with Gasteiger partial charge in [0.1, 0.15) is 0 Å². The monoisotopic (exact) mass is 215 g/mol. The van der Waals surface area contributed by atoms with E-state index >= 15 is 0 Å². The van der Waals surface area contributed by atoms with Gasteiger partial charge in [-0.05, 0) is 12.1 Å². The summed E-state index contributed by atoms with van der Waals surface area (Å²) in [5.74, 6) is 0. The van der Waals surface area contributed by atoms with Crippen LogP contribution < -0.4 is 4.90 Å². The van der Waals surface area contributed by atoms with Gasteiger partial charge in [0.2, 0.25) is 0 Å². The molecule has 0 radical (unpaired) electrons. The topological polar surface area (TPSA) is 37.4 Å². The fraction of sp³-hybridized carbons (Fsp3) is 0.111. The van der Waals surface area contributed by atoms with Crippen molar-refractivity contribution in [2.75, 3.05) is 11.9 Å². The third-order valence-electron chi connectivity index (χ3n) is 1.61. The number of rotatable bonds is 3. The summed E-state index contributed by atoms with van der Waals surface area (Å²) in [5, 5.41) is 0.514. The summed E-state index contributed by atoms with van der Waals surface area (Å²) in [7, 11) is -2.91. The Labute approximate surface area is 82.7 Å². The van der Waals surface area contributed by atoms with Crippen molar-refractivity contribution < 1.29 is 12.3 Å². The van der Waals surface area contributed by atoms with Crippen LogP contribution in [0.1, 0.15) is 0 Å². The highest BCUT2D eigenvalue weighted by molar-refractivity contribution is 7.89. The summed E-state index contributed by atoms with van der Waals surface area (Å²) in [6, 6.07) is 9.03. The van der Waals surface area contributed by atoms with Crippen LogP contribution in [0.15, 0.2) is 41.9 Å². The second-order valence-electron chi connectivity index (χ2n) is 2.71. The van der Waals surface area contributed by atoms with E-state index in [0.29, 0.717) is 5.41 Å². The predicted molar refractivity (Wildman–Crippen MR) is 54.0 cm³/mol. The normalized spacial score (nSPS) is 11.9. The van der Waals surface area contributed by atoms with E-state index in [4.69, 9.17) is 0 Å². The van der Waals surface area contributed by atoms with E-state index in [9.17, 15) is 12.3 Å². The summed E-state index contributed by atoms with van der Waals surface area (Å²) < 4.78 is 32.5. The van der Waals surface area contributed by atoms with Crippen LogP contribution in [-0.2, 0) is 10.2 Å². The molecule has 0 aromatic heterocycles. The molecule has 76 valence electrons. The van der Waals surface area contributed by atoms with Crippen LogP contribution in [0.2, 0.25) is 0 Å². The summed E-state index contributed by atoms with van der Waals surface area (Å²) in [6.45, 7) is 0. The molecule has 0 aliphatic heterocycles. The molecule has 0 atom stereocenters. The van der Waals surface area contributed by atoms with Gasteiger partial charge >= 0.3 is 10.2 Å². The van der Waals surface area contributed by atoms with Gasteiger partial charge in [-0.3, -0.25) is 0 Å². The Morgan fingerprint density at radius 1 is 1.29 bits per heavy atom. The standard InChI is InChI=1S/C9H10FNO2S/c1-11(7-8-14(10,12)13)9-5-3-2-4-6-9/h2-8H,1H3. The molecule has 0 bridgehead atoms. The highest BCUT2D eigenvalue weighted by Crippen LogP contribution is 2.11. The smallest absolute Gasteiger partial charge is 0.326 e. The molecule has 0 N–H and O–H groups in total. The van der Waals surface area contributed by atoms with Crippen LogP contribution in [0.4, 0.5) is 9.57 Å². The third kappa shape index (κ3) is 3.57. The largest absolute Gasteiger partial charge is 0.350 e. The highest BCUT2D eigenvalue weighted by Gasteiger charge is 2.00. The fourth-order valence-corrected chi connectivity index (χ4v) is 1.24. The number of anilines is 1. The van der Waals surface area contributed by atoms with Crippen LogP contribution in [0.5, 0.6) is 0 Å². The van der Waals surface area contributed by atoms with Crippen molar-refractivity contribution in [1.82, 2.24) is 0 Å². The molecule has 0 spiro atoms. The summed E-state index contributed by atoms with van der Waals surface area (Å²) in [4.78, 5) is 1.51. The number of halogens is 1. The van der Waals surface area contributed by atoms with Gasteiger partial charge in [0, 0.05) is 18.9 Å². The first kappa shape index (κ1) is 10.7. The Morgan fingerprint density at radius 2 is 1.86 bits per heavy atom. The SMILES string of the molecule is CN(C=CS(=O)(=O)F)c1ccccc1. The minimum Gasteiger partial charge on any atom is -0.350 e. The zero-order valence-electron chi connectivity index (χ0n) is 7.59. The summed E-state index contributed by atoms with van der Waals surface area (Å²) in [5.41, 5.74) is 0.785. The molecule has 1 rings (SSSR count). The molecule has 0 aliphatic rings. The van der Waals surface area contributed by atoms with Crippen molar-refractivity contribution >= 4 is 15.9 Å². The molecule has 0 saturated heterocycles. The molecule has 0 fully saturated rings. The zero-order valence-corrected chi connectivity index (χ0v) is 8.41. The molecule has 0 saturated carbocycles. The molecule has 1 aromatic rings. The first-order chi connectivity index (χ1) is 6.49. The van der Waals surface area contributed by atoms with Crippen molar-refractivity contribution in [3.8, 4) is 0 Å². The average molecular weight is 215 g/mol. The lowest BCUT2D eigenvalue weighted by Crippen LogP contribution is -2.07. The molecule has 3 nitrogen and oxygen atoms in total. The van der Waals surface area contributed by atoms with Gasteiger partial charge in [0.15, 0.2) is 0 Å². The van der Waals surface area contributed by atoms with E-state index in [0.717, 1.165) is 11.9 Å². The van der Waals surface area contributed by atoms with Gasteiger partial charge in [0.25, 0.3) is 0 Å². The quantitative estimate of drug-likeness (QED) is 0.722. The van der Waals surface area contributed by atoms with E-state index in [-0.39, 0.29) is 0 Å². The van der Waals surface area contributed by atoms with Crippen LogP contribution in [0, 0.1) is 0 Å². The second-order valence-corrected chi connectivity index (χ2v) is 3.93. The molecule has 5 heteroatoms. The third-order valence-corrected chi connectivity index (χ3v) is 2.06. The van der Waals surface area contributed by atoms with Crippen LogP contribution in [0.3, 0.4) is 0 Å². The Hall–Kier alpha value is -1.36. The van der Waals surface area contributed by atoms with Crippen molar-refractivity contribution in [3.05, 3.63) is 41.9 Å². The molecule has 0 heterocycles. The lowest BCUT2D eigenvalue weighted by Gasteiger charge is -2.12. The molecule has 14 heavy (non-hydrogen) atoms. The van der Waals surface area contributed by atoms with E-state index in [2.05, 4.69) is 0 Å². The number of para-hydroxylation sites is 1. The lowest BCUT2D eigenvalue weighted by atomic mass is 10.3. The van der Waals surface area contributed by atoms with Gasteiger partial charge in [-0.25, -0.2) is 0 Å². The van der Waals surface area contributed by atoms with Gasteiger partial charge < -0.3 is 4.90 Å². The predicted octanol–water partition coefficient (Wildman–Crippen LogP) is 1.89. The summed E-state index contributed by atoms with van der Waals surface area (Å²) >= 11 is 0. The maximum atomic E-state index is 12.1. The van der Waals surface area contributed by atoms with Gasteiger partial charge in [-0.2, -0.15) is 8.42 Å². The Bertz CT molecular complexity index is 414. The number of hydrogen-bond donors (Lipinski definition) is 0. The molecular formula is C9H10FNO2S.